The highest BCUT2D eigenvalue weighted by molar-refractivity contribution is 7.93. The molecule has 2 heterocycles. The van der Waals surface area contributed by atoms with Gasteiger partial charge in [0, 0.05) is 28.7 Å². The van der Waals surface area contributed by atoms with Gasteiger partial charge in [-0.3, -0.25) is 0 Å². The van der Waals surface area contributed by atoms with Gasteiger partial charge in [0.15, 0.2) is 0 Å². The Hall–Kier alpha value is -3.29. The minimum atomic E-state index is -4.08. The summed E-state index contributed by atoms with van der Waals surface area (Å²) in [5.74, 6) is -0.686. The number of nitrogens with zero attached hydrogens (tertiary/aromatic N) is 2. The van der Waals surface area contributed by atoms with Crippen LogP contribution in [-0.4, -0.2) is 31.1 Å². The predicted molar refractivity (Wildman–Crippen MR) is 104 cm³/mol. The highest BCUT2D eigenvalue weighted by atomic mass is 32.2. The molecule has 0 aliphatic heterocycles. The first-order valence-electron chi connectivity index (χ1n) is 8.28. The number of aromatic nitrogens is 1. The van der Waals surface area contributed by atoms with Crippen molar-refractivity contribution in [1.29, 1.82) is 5.26 Å². The normalized spacial score (nSPS) is 11.0. The summed E-state index contributed by atoms with van der Waals surface area (Å²) in [4.78, 5) is 15.0. The number of hydrogen-bond acceptors (Lipinski definition) is 6. The quantitative estimate of drug-likeness (QED) is 0.617. The molecule has 148 valence electrons. The minimum absolute atomic E-state index is 0.0520. The Kier molecular flexibility index (Phi) is 5.91. The Morgan fingerprint density at radius 3 is 2.72 bits per heavy atom. The Bertz CT molecular complexity index is 1220. The van der Waals surface area contributed by atoms with Crippen molar-refractivity contribution in [2.75, 3.05) is 6.54 Å². The summed E-state index contributed by atoms with van der Waals surface area (Å²) in [6, 6.07) is 11.4. The second-order valence-corrected chi connectivity index (χ2v) is 9.15. The van der Waals surface area contributed by atoms with Gasteiger partial charge in [0.05, 0.1) is 4.90 Å². The number of nitriles is 1. The third-order valence-corrected chi connectivity index (χ3v) is 7.43. The molecule has 2 aromatic heterocycles. The first-order valence-corrected chi connectivity index (χ1v) is 10.6. The molecule has 0 aliphatic carbocycles. The van der Waals surface area contributed by atoms with E-state index >= 15 is 0 Å². The van der Waals surface area contributed by atoms with Crippen LogP contribution in [0.2, 0.25) is 0 Å². The van der Waals surface area contributed by atoms with E-state index in [9.17, 15) is 22.9 Å². The minimum Gasteiger partial charge on any atom is -0.465 e. The van der Waals surface area contributed by atoms with Crippen molar-refractivity contribution in [2.24, 2.45) is 0 Å². The monoisotopic (exact) mass is 431 g/mol. The Morgan fingerprint density at radius 2 is 2.03 bits per heavy atom. The number of sulfone groups is 1. The molecule has 0 saturated carbocycles. The van der Waals surface area contributed by atoms with Crippen molar-refractivity contribution in [3.8, 4) is 17.2 Å². The van der Waals surface area contributed by atoms with E-state index in [1.165, 1.54) is 18.3 Å². The van der Waals surface area contributed by atoms with Gasteiger partial charge in [0.2, 0.25) is 9.84 Å². The SMILES string of the molecule is N#Cc1ncccc1-c1cc(CCNC(=O)O)sc1S(=O)(=O)c1cccc(F)c1. The molecule has 0 bridgehead atoms. The molecule has 0 radical (unpaired) electrons. The van der Waals surface area contributed by atoms with Gasteiger partial charge >= 0.3 is 6.09 Å². The second kappa shape index (κ2) is 8.38. The van der Waals surface area contributed by atoms with Gasteiger partial charge in [-0.1, -0.05) is 6.07 Å². The summed E-state index contributed by atoms with van der Waals surface area (Å²) >= 11 is 0.952. The van der Waals surface area contributed by atoms with E-state index < -0.39 is 21.7 Å². The van der Waals surface area contributed by atoms with Crippen LogP contribution in [0.25, 0.3) is 11.1 Å². The molecule has 3 rings (SSSR count). The van der Waals surface area contributed by atoms with Gasteiger partial charge in [-0.25, -0.2) is 22.6 Å². The molecular weight excluding hydrogens is 417 g/mol. The van der Waals surface area contributed by atoms with Crippen LogP contribution in [0, 0.1) is 17.1 Å². The molecule has 7 nitrogen and oxygen atoms in total. The zero-order chi connectivity index (χ0) is 21.0. The number of pyridine rings is 1. The summed E-state index contributed by atoms with van der Waals surface area (Å²) < 4.78 is 40.0. The molecule has 10 heteroatoms. The van der Waals surface area contributed by atoms with Crippen molar-refractivity contribution in [1.82, 2.24) is 10.3 Å². The number of hydrogen-bond donors (Lipinski definition) is 2. The average molecular weight is 431 g/mol. The molecule has 0 atom stereocenters. The fourth-order valence-electron chi connectivity index (χ4n) is 2.68. The zero-order valence-corrected chi connectivity index (χ0v) is 16.4. The van der Waals surface area contributed by atoms with Crippen molar-refractivity contribution in [3.63, 3.8) is 0 Å². The van der Waals surface area contributed by atoms with Crippen LogP contribution in [0.15, 0.2) is 57.8 Å². The number of carbonyl (C=O) groups is 1. The lowest BCUT2D eigenvalue weighted by Crippen LogP contribution is -2.22. The maximum absolute atomic E-state index is 13.6. The summed E-state index contributed by atoms with van der Waals surface area (Å²) in [5.41, 5.74) is 0.657. The van der Waals surface area contributed by atoms with Crippen LogP contribution in [0.4, 0.5) is 9.18 Å². The highest BCUT2D eigenvalue weighted by Gasteiger charge is 2.27. The third kappa shape index (κ3) is 4.42. The molecule has 0 fully saturated rings. The van der Waals surface area contributed by atoms with Crippen LogP contribution in [-0.2, 0) is 16.3 Å². The first kappa shape index (κ1) is 20.4. The number of thiophene rings is 1. The Morgan fingerprint density at radius 1 is 1.24 bits per heavy atom. The largest absolute Gasteiger partial charge is 0.465 e. The van der Waals surface area contributed by atoms with Gasteiger partial charge in [-0.2, -0.15) is 5.26 Å². The summed E-state index contributed by atoms with van der Waals surface area (Å²) in [7, 11) is -4.08. The standard InChI is InChI=1S/C19H14FN3O4S2/c20-12-3-1-4-14(9-12)29(26,27)18-16(15-5-2-7-22-17(15)11-21)10-13(28-18)6-8-23-19(24)25/h1-5,7,9-10,23H,6,8H2,(H,24,25). The smallest absolute Gasteiger partial charge is 0.404 e. The predicted octanol–water partition coefficient (Wildman–Crippen LogP) is 3.46. The lowest BCUT2D eigenvalue weighted by molar-refractivity contribution is 0.194. The molecule has 0 unspecified atom stereocenters. The fourth-order valence-corrected chi connectivity index (χ4v) is 5.82. The Labute approximate surface area is 170 Å². The number of carboxylic acid groups (broad SMARTS) is 1. The first-order chi connectivity index (χ1) is 13.8. The summed E-state index contributed by atoms with van der Waals surface area (Å²) in [6.07, 6.45) is 0.492. The summed E-state index contributed by atoms with van der Waals surface area (Å²) in [5, 5.41) is 20.3. The van der Waals surface area contributed by atoms with E-state index in [1.54, 1.807) is 18.2 Å². The number of halogens is 1. The van der Waals surface area contributed by atoms with Gasteiger partial charge in [0.25, 0.3) is 0 Å². The summed E-state index contributed by atoms with van der Waals surface area (Å²) in [6.45, 7) is 0.0902. The van der Waals surface area contributed by atoms with E-state index in [2.05, 4.69) is 10.3 Å². The topological polar surface area (TPSA) is 120 Å². The van der Waals surface area contributed by atoms with Crippen LogP contribution in [0.3, 0.4) is 0 Å². The Balaban J connectivity index is 2.15. The molecule has 0 aliphatic rings. The van der Waals surface area contributed by atoms with Crippen LogP contribution in [0.1, 0.15) is 10.6 Å². The maximum Gasteiger partial charge on any atom is 0.404 e. The lowest BCUT2D eigenvalue weighted by Gasteiger charge is -2.07. The van der Waals surface area contributed by atoms with Crippen molar-refractivity contribution >= 4 is 27.3 Å². The van der Waals surface area contributed by atoms with E-state index in [0.29, 0.717) is 10.4 Å². The second-order valence-electron chi connectivity index (χ2n) is 5.87. The molecule has 3 aromatic rings. The van der Waals surface area contributed by atoms with Crippen molar-refractivity contribution in [2.45, 2.75) is 15.5 Å². The number of amides is 1. The van der Waals surface area contributed by atoms with E-state index in [-0.39, 0.29) is 33.3 Å². The molecule has 0 saturated heterocycles. The number of benzene rings is 1. The molecule has 0 spiro atoms. The van der Waals surface area contributed by atoms with Crippen LogP contribution >= 0.6 is 11.3 Å². The van der Waals surface area contributed by atoms with Crippen molar-refractivity contribution < 1.29 is 22.7 Å². The fraction of sp³-hybridized carbons (Fsp3) is 0.105. The zero-order valence-electron chi connectivity index (χ0n) is 14.8. The molecule has 1 amide bonds. The molecule has 1 aromatic carbocycles. The van der Waals surface area contributed by atoms with Crippen LogP contribution < -0.4 is 5.32 Å². The van der Waals surface area contributed by atoms with Crippen LogP contribution in [0.5, 0.6) is 0 Å². The lowest BCUT2D eigenvalue weighted by atomic mass is 10.1. The molecule has 29 heavy (non-hydrogen) atoms. The van der Waals surface area contributed by atoms with Gasteiger partial charge in [0.1, 0.15) is 21.8 Å². The molecule has 2 N–H and O–H groups in total. The van der Waals surface area contributed by atoms with Crippen molar-refractivity contribution in [3.05, 3.63) is 65.0 Å². The average Bonchev–Trinajstić information content (AvgIpc) is 3.12. The highest BCUT2D eigenvalue weighted by Crippen LogP contribution is 2.39. The number of nitrogens with one attached hydrogen (secondary N) is 1. The maximum atomic E-state index is 13.6. The van der Waals surface area contributed by atoms with E-state index in [4.69, 9.17) is 5.11 Å². The number of rotatable bonds is 6. The third-order valence-electron chi connectivity index (χ3n) is 3.95. The van der Waals surface area contributed by atoms with E-state index in [1.807, 2.05) is 6.07 Å². The van der Waals surface area contributed by atoms with Gasteiger partial charge < -0.3 is 10.4 Å². The molecular formula is C19H14FN3O4S2. The van der Waals surface area contributed by atoms with E-state index in [0.717, 1.165) is 23.5 Å². The van der Waals surface area contributed by atoms with Gasteiger partial charge in [-0.15, -0.1) is 11.3 Å². The van der Waals surface area contributed by atoms with Gasteiger partial charge in [-0.05, 0) is 42.8 Å².